The number of carbonyl (C=O) groups is 1. The standard InChI is InChI=1S/C13H17N3O4/c17-8-7-15(11-5-6-11)13(18)14-9-10-3-1-2-4-12(10)16(19)20/h1-4,11,17H,5-9H2,(H,14,18). The maximum absolute atomic E-state index is 12.0. The molecule has 20 heavy (non-hydrogen) atoms. The molecule has 0 atom stereocenters. The van der Waals surface area contributed by atoms with E-state index in [1.807, 2.05) is 0 Å². The van der Waals surface area contributed by atoms with Gasteiger partial charge in [-0.2, -0.15) is 0 Å². The Kier molecular flexibility index (Phi) is 4.52. The van der Waals surface area contributed by atoms with Crippen molar-refractivity contribution in [3.8, 4) is 0 Å². The van der Waals surface area contributed by atoms with E-state index in [9.17, 15) is 14.9 Å². The van der Waals surface area contributed by atoms with Gasteiger partial charge in [-0.15, -0.1) is 0 Å². The summed E-state index contributed by atoms with van der Waals surface area (Å²) in [5, 5.41) is 22.5. The SMILES string of the molecule is O=C(NCc1ccccc1[N+](=O)[O-])N(CCO)C1CC1. The molecule has 0 saturated heterocycles. The summed E-state index contributed by atoms with van der Waals surface area (Å²) in [5.74, 6) is 0. The Labute approximate surface area is 116 Å². The van der Waals surface area contributed by atoms with Gasteiger partial charge < -0.3 is 15.3 Å². The quantitative estimate of drug-likeness (QED) is 0.605. The number of carbonyl (C=O) groups excluding carboxylic acids is 1. The maximum atomic E-state index is 12.0. The first-order valence-electron chi connectivity index (χ1n) is 6.51. The van der Waals surface area contributed by atoms with E-state index in [4.69, 9.17) is 5.11 Å². The number of rotatable bonds is 6. The summed E-state index contributed by atoms with van der Waals surface area (Å²) in [7, 11) is 0. The summed E-state index contributed by atoms with van der Waals surface area (Å²) < 4.78 is 0. The van der Waals surface area contributed by atoms with Gasteiger partial charge in [-0.05, 0) is 12.8 Å². The van der Waals surface area contributed by atoms with Gasteiger partial charge in [-0.25, -0.2) is 4.79 Å². The van der Waals surface area contributed by atoms with E-state index in [1.165, 1.54) is 6.07 Å². The topological polar surface area (TPSA) is 95.7 Å². The van der Waals surface area contributed by atoms with Crippen molar-refractivity contribution >= 4 is 11.7 Å². The molecule has 0 heterocycles. The molecule has 0 spiro atoms. The molecule has 0 unspecified atom stereocenters. The first kappa shape index (κ1) is 14.3. The highest BCUT2D eigenvalue weighted by molar-refractivity contribution is 5.75. The Morgan fingerprint density at radius 3 is 2.75 bits per heavy atom. The minimum atomic E-state index is -0.464. The first-order chi connectivity index (χ1) is 9.63. The zero-order valence-electron chi connectivity index (χ0n) is 11.0. The first-order valence-corrected chi connectivity index (χ1v) is 6.51. The number of nitro benzene ring substituents is 1. The normalized spacial score (nSPS) is 13.8. The van der Waals surface area contributed by atoms with Gasteiger partial charge in [0.25, 0.3) is 5.69 Å². The summed E-state index contributed by atoms with van der Waals surface area (Å²) in [5.41, 5.74) is 0.457. The van der Waals surface area contributed by atoms with E-state index >= 15 is 0 Å². The van der Waals surface area contributed by atoms with Crippen molar-refractivity contribution in [2.75, 3.05) is 13.2 Å². The monoisotopic (exact) mass is 279 g/mol. The number of aliphatic hydroxyl groups is 1. The van der Waals surface area contributed by atoms with E-state index in [1.54, 1.807) is 23.1 Å². The Balaban J connectivity index is 1.97. The minimum absolute atomic E-state index is 0.00655. The minimum Gasteiger partial charge on any atom is -0.395 e. The molecule has 0 aliphatic heterocycles. The van der Waals surface area contributed by atoms with Crippen molar-refractivity contribution < 1.29 is 14.8 Å². The number of para-hydroxylation sites is 1. The van der Waals surface area contributed by atoms with Crippen molar-refractivity contribution in [1.29, 1.82) is 0 Å². The van der Waals surface area contributed by atoms with Crippen LogP contribution in [0.5, 0.6) is 0 Å². The number of nitrogens with zero attached hydrogens (tertiary/aromatic N) is 2. The van der Waals surface area contributed by atoms with E-state index < -0.39 is 4.92 Å². The molecule has 0 aromatic heterocycles. The summed E-state index contributed by atoms with van der Waals surface area (Å²) in [6.45, 7) is 0.299. The van der Waals surface area contributed by atoms with Crippen molar-refractivity contribution in [2.45, 2.75) is 25.4 Å². The fourth-order valence-corrected chi connectivity index (χ4v) is 2.05. The third-order valence-corrected chi connectivity index (χ3v) is 3.21. The molecule has 1 aromatic carbocycles. The Morgan fingerprint density at radius 1 is 1.45 bits per heavy atom. The summed E-state index contributed by atoms with van der Waals surface area (Å²) in [4.78, 5) is 24.0. The molecule has 7 heteroatoms. The van der Waals surface area contributed by atoms with Crippen LogP contribution in [0.1, 0.15) is 18.4 Å². The van der Waals surface area contributed by atoms with Gasteiger partial charge >= 0.3 is 6.03 Å². The number of aliphatic hydroxyl groups excluding tert-OH is 1. The average molecular weight is 279 g/mol. The van der Waals surface area contributed by atoms with Crippen LogP contribution in [0.2, 0.25) is 0 Å². The van der Waals surface area contributed by atoms with Gasteiger partial charge in [0.15, 0.2) is 0 Å². The lowest BCUT2D eigenvalue weighted by atomic mass is 10.2. The molecule has 1 saturated carbocycles. The van der Waals surface area contributed by atoms with Crippen LogP contribution in [-0.4, -0.2) is 40.2 Å². The molecule has 7 nitrogen and oxygen atoms in total. The van der Waals surface area contributed by atoms with Crippen molar-refractivity contribution in [2.24, 2.45) is 0 Å². The highest BCUT2D eigenvalue weighted by Gasteiger charge is 2.32. The number of urea groups is 1. The molecular weight excluding hydrogens is 262 g/mol. The fraction of sp³-hybridized carbons (Fsp3) is 0.462. The zero-order chi connectivity index (χ0) is 14.5. The van der Waals surface area contributed by atoms with Crippen LogP contribution < -0.4 is 5.32 Å². The smallest absolute Gasteiger partial charge is 0.317 e. The van der Waals surface area contributed by atoms with Crippen LogP contribution >= 0.6 is 0 Å². The molecule has 1 aromatic rings. The van der Waals surface area contributed by atoms with Gasteiger partial charge in [0.05, 0.1) is 18.1 Å². The van der Waals surface area contributed by atoms with Gasteiger partial charge in [-0.3, -0.25) is 10.1 Å². The number of hydrogen-bond acceptors (Lipinski definition) is 4. The third kappa shape index (κ3) is 3.45. The van der Waals surface area contributed by atoms with Crippen LogP contribution in [0.25, 0.3) is 0 Å². The molecule has 1 aliphatic rings. The van der Waals surface area contributed by atoms with Crippen molar-refractivity contribution in [3.63, 3.8) is 0 Å². The van der Waals surface area contributed by atoms with Crippen molar-refractivity contribution in [1.82, 2.24) is 10.2 Å². The van der Waals surface area contributed by atoms with Crippen LogP contribution in [0.3, 0.4) is 0 Å². The van der Waals surface area contributed by atoms with Crippen LogP contribution in [0.4, 0.5) is 10.5 Å². The summed E-state index contributed by atoms with van der Waals surface area (Å²) in [6.07, 6.45) is 1.89. The second-order valence-electron chi connectivity index (χ2n) is 4.69. The summed E-state index contributed by atoms with van der Waals surface area (Å²) >= 11 is 0. The van der Waals surface area contributed by atoms with E-state index in [2.05, 4.69) is 5.32 Å². The second-order valence-corrected chi connectivity index (χ2v) is 4.69. The van der Waals surface area contributed by atoms with Crippen LogP contribution in [-0.2, 0) is 6.54 Å². The Morgan fingerprint density at radius 2 is 2.15 bits per heavy atom. The Hall–Kier alpha value is -2.15. The number of nitro groups is 1. The molecular formula is C13H17N3O4. The molecule has 1 aliphatic carbocycles. The van der Waals surface area contributed by atoms with E-state index in [0.29, 0.717) is 5.56 Å². The largest absolute Gasteiger partial charge is 0.395 e. The third-order valence-electron chi connectivity index (χ3n) is 3.21. The lowest BCUT2D eigenvalue weighted by Gasteiger charge is -2.21. The molecule has 2 N–H and O–H groups in total. The number of amides is 2. The van der Waals surface area contributed by atoms with Gasteiger partial charge in [0, 0.05) is 24.2 Å². The molecule has 2 amide bonds. The molecule has 108 valence electrons. The number of nitrogens with one attached hydrogen (secondary N) is 1. The zero-order valence-corrected chi connectivity index (χ0v) is 11.0. The number of benzene rings is 1. The second kappa shape index (κ2) is 6.33. The summed E-state index contributed by atoms with van der Waals surface area (Å²) in [6, 6.07) is 6.21. The van der Waals surface area contributed by atoms with Gasteiger partial charge in [-0.1, -0.05) is 18.2 Å². The molecule has 0 radical (unpaired) electrons. The predicted octanol–water partition coefficient (Wildman–Crippen LogP) is 1.26. The predicted molar refractivity (Wildman–Crippen MR) is 72.1 cm³/mol. The van der Waals surface area contributed by atoms with E-state index in [-0.39, 0.29) is 37.5 Å². The average Bonchev–Trinajstić information content (AvgIpc) is 3.26. The lowest BCUT2D eigenvalue weighted by Crippen LogP contribution is -2.42. The van der Waals surface area contributed by atoms with Crippen molar-refractivity contribution in [3.05, 3.63) is 39.9 Å². The van der Waals surface area contributed by atoms with Gasteiger partial charge in [0.2, 0.25) is 0 Å². The highest BCUT2D eigenvalue weighted by atomic mass is 16.6. The van der Waals surface area contributed by atoms with E-state index in [0.717, 1.165) is 12.8 Å². The Bertz CT molecular complexity index is 502. The highest BCUT2D eigenvalue weighted by Crippen LogP contribution is 2.26. The maximum Gasteiger partial charge on any atom is 0.317 e. The molecule has 2 rings (SSSR count). The van der Waals surface area contributed by atoms with Crippen LogP contribution in [0.15, 0.2) is 24.3 Å². The fourth-order valence-electron chi connectivity index (χ4n) is 2.05. The van der Waals surface area contributed by atoms with Crippen LogP contribution in [0, 0.1) is 10.1 Å². The lowest BCUT2D eigenvalue weighted by molar-refractivity contribution is -0.385. The number of hydrogen-bond donors (Lipinski definition) is 2. The molecule has 1 fully saturated rings. The van der Waals surface area contributed by atoms with Gasteiger partial charge in [0.1, 0.15) is 0 Å². The molecule has 0 bridgehead atoms.